The zero-order valence-corrected chi connectivity index (χ0v) is 6.21. The molecule has 0 spiro atoms. The summed E-state index contributed by atoms with van der Waals surface area (Å²) >= 11 is 0. The summed E-state index contributed by atoms with van der Waals surface area (Å²) in [7, 11) is 0. The molecule has 3 atom stereocenters. The lowest BCUT2D eigenvalue weighted by molar-refractivity contribution is -0.178. The minimum Gasteiger partial charge on any atom is -0.479 e. The number of fused-ring (bicyclic) bond motifs is 2. The van der Waals surface area contributed by atoms with E-state index in [-0.39, 0.29) is 0 Å². The first-order chi connectivity index (χ1) is 5.90. The van der Waals surface area contributed by atoms with Gasteiger partial charge in [0.1, 0.15) is 12.2 Å². The van der Waals surface area contributed by atoms with E-state index in [9.17, 15) is 18.0 Å². The van der Waals surface area contributed by atoms with Gasteiger partial charge in [0, 0.05) is 0 Å². The van der Waals surface area contributed by atoms with Crippen molar-refractivity contribution in [1.29, 1.82) is 0 Å². The van der Waals surface area contributed by atoms with Crippen LogP contribution in [-0.4, -0.2) is 34.9 Å². The van der Waals surface area contributed by atoms with Crippen molar-refractivity contribution in [2.24, 2.45) is 0 Å². The van der Waals surface area contributed by atoms with Gasteiger partial charge in [0.25, 0.3) is 0 Å². The summed E-state index contributed by atoms with van der Waals surface area (Å²) < 4.78 is 43.8. The molecule has 3 nitrogen and oxygen atoms in total. The predicted octanol–water partition coefficient (Wildman–Crippen LogP) is 0.752. The maximum atomic E-state index is 13.4. The SMILES string of the molecule is O=C(O)[C@@]1(F)[C@H]2C=C[C@@H](O2)C1(F)F. The third kappa shape index (κ3) is 0.720. The van der Waals surface area contributed by atoms with Crippen LogP contribution in [0.4, 0.5) is 13.2 Å². The summed E-state index contributed by atoms with van der Waals surface area (Å²) in [5, 5.41) is 8.36. The molecule has 0 aliphatic carbocycles. The lowest BCUT2D eigenvalue weighted by Crippen LogP contribution is -2.56. The van der Waals surface area contributed by atoms with Crippen molar-refractivity contribution in [1.82, 2.24) is 0 Å². The van der Waals surface area contributed by atoms with Gasteiger partial charge in [-0.3, -0.25) is 0 Å². The van der Waals surface area contributed by atoms with Crippen molar-refractivity contribution in [2.75, 3.05) is 0 Å². The minimum absolute atomic E-state index is 0.978. The van der Waals surface area contributed by atoms with Crippen LogP contribution in [0.3, 0.4) is 0 Å². The van der Waals surface area contributed by atoms with Crippen molar-refractivity contribution < 1.29 is 27.8 Å². The van der Waals surface area contributed by atoms with Crippen LogP contribution in [0, 0.1) is 0 Å². The number of carbonyl (C=O) groups is 1. The maximum absolute atomic E-state index is 13.4. The molecule has 0 aromatic carbocycles. The summed E-state index contributed by atoms with van der Waals surface area (Å²) in [4.78, 5) is 10.4. The summed E-state index contributed by atoms with van der Waals surface area (Å²) in [5.74, 6) is -6.17. The molecule has 0 unspecified atom stereocenters. The predicted molar refractivity (Wildman–Crippen MR) is 34.2 cm³/mol. The highest BCUT2D eigenvalue weighted by Crippen LogP contribution is 2.51. The number of hydrogen-bond acceptors (Lipinski definition) is 2. The lowest BCUT2D eigenvalue weighted by Gasteiger charge is -2.27. The highest BCUT2D eigenvalue weighted by atomic mass is 19.3. The van der Waals surface area contributed by atoms with E-state index in [0.717, 1.165) is 12.2 Å². The molecule has 0 saturated carbocycles. The topological polar surface area (TPSA) is 46.5 Å². The summed E-state index contributed by atoms with van der Waals surface area (Å²) in [5.41, 5.74) is -3.62. The zero-order chi connectivity index (χ0) is 9.85. The van der Waals surface area contributed by atoms with Gasteiger partial charge in [0.15, 0.2) is 0 Å². The van der Waals surface area contributed by atoms with Crippen molar-refractivity contribution in [3.63, 3.8) is 0 Å². The summed E-state index contributed by atoms with van der Waals surface area (Å²) in [6.07, 6.45) is -1.44. The highest BCUT2D eigenvalue weighted by Gasteiger charge is 2.76. The Labute approximate surface area is 70.8 Å². The molecule has 2 bridgehead atoms. The first-order valence-electron chi connectivity index (χ1n) is 3.54. The second-order valence-corrected chi connectivity index (χ2v) is 3.00. The number of rotatable bonds is 1. The van der Waals surface area contributed by atoms with Gasteiger partial charge >= 0.3 is 17.6 Å². The zero-order valence-electron chi connectivity index (χ0n) is 6.21. The van der Waals surface area contributed by atoms with E-state index in [0.29, 0.717) is 0 Å². The Balaban J connectivity index is 2.50. The van der Waals surface area contributed by atoms with E-state index in [2.05, 4.69) is 4.74 Å². The van der Waals surface area contributed by atoms with E-state index in [1.54, 1.807) is 0 Å². The number of carboxylic acids is 1. The first kappa shape index (κ1) is 8.55. The third-order valence-corrected chi connectivity index (χ3v) is 2.30. The van der Waals surface area contributed by atoms with Crippen LogP contribution in [0.1, 0.15) is 0 Å². The molecule has 1 N–H and O–H groups in total. The van der Waals surface area contributed by atoms with E-state index >= 15 is 0 Å². The molecule has 6 heteroatoms. The number of halogens is 3. The van der Waals surface area contributed by atoms with Crippen molar-refractivity contribution in [2.45, 2.75) is 23.8 Å². The van der Waals surface area contributed by atoms with Crippen LogP contribution < -0.4 is 0 Å². The van der Waals surface area contributed by atoms with Crippen molar-refractivity contribution >= 4 is 5.97 Å². The number of aliphatic carboxylic acids is 1. The molecular weight excluding hydrogens is 189 g/mol. The third-order valence-electron chi connectivity index (χ3n) is 2.30. The summed E-state index contributed by atoms with van der Waals surface area (Å²) in [6.45, 7) is 0. The molecule has 0 radical (unpaired) electrons. The van der Waals surface area contributed by atoms with Crippen LogP contribution in [0.2, 0.25) is 0 Å². The van der Waals surface area contributed by atoms with E-state index in [4.69, 9.17) is 5.11 Å². The fourth-order valence-electron chi connectivity index (χ4n) is 1.54. The molecule has 2 aliphatic heterocycles. The van der Waals surface area contributed by atoms with Crippen LogP contribution in [-0.2, 0) is 9.53 Å². The quantitative estimate of drug-likeness (QED) is 0.626. The smallest absolute Gasteiger partial charge is 0.351 e. The van der Waals surface area contributed by atoms with Crippen LogP contribution in [0.5, 0.6) is 0 Å². The van der Waals surface area contributed by atoms with Crippen molar-refractivity contribution in [3.05, 3.63) is 12.2 Å². The normalized spacial score (nSPS) is 45.5. The van der Waals surface area contributed by atoms with Gasteiger partial charge in [-0.05, 0) is 0 Å². The average molecular weight is 194 g/mol. The average Bonchev–Trinajstić information content (AvgIpc) is 2.54. The molecule has 1 fully saturated rings. The Morgan fingerprint density at radius 2 is 1.85 bits per heavy atom. The number of alkyl halides is 3. The number of ether oxygens (including phenoxy) is 1. The van der Waals surface area contributed by atoms with Crippen molar-refractivity contribution in [3.8, 4) is 0 Å². The van der Waals surface area contributed by atoms with E-state index < -0.39 is 29.8 Å². The highest BCUT2D eigenvalue weighted by molar-refractivity contribution is 5.81. The van der Waals surface area contributed by atoms with Crippen LogP contribution >= 0.6 is 0 Å². The molecule has 2 rings (SSSR count). The Morgan fingerprint density at radius 1 is 1.31 bits per heavy atom. The Hall–Kier alpha value is -1.04. The molecule has 13 heavy (non-hydrogen) atoms. The summed E-state index contributed by atoms with van der Waals surface area (Å²) in [6, 6.07) is 0. The first-order valence-corrected chi connectivity index (χ1v) is 3.54. The second-order valence-electron chi connectivity index (χ2n) is 3.00. The molecule has 2 aliphatic rings. The number of carboxylic acid groups (broad SMARTS) is 1. The molecule has 72 valence electrons. The van der Waals surface area contributed by atoms with Gasteiger partial charge in [-0.1, -0.05) is 12.2 Å². The van der Waals surface area contributed by atoms with Crippen LogP contribution in [0.25, 0.3) is 0 Å². The maximum Gasteiger partial charge on any atom is 0.351 e. The van der Waals surface area contributed by atoms with Gasteiger partial charge in [-0.15, -0.1) is 0 Å². The number of hydrogen-bond donors (Lipinski definition) is 1. The largest absolute Gasteiger partial charge is 0.479 e. The second kappa shape index (κ2) is 2.06. The molecule has 2 heterocycles. The fraction of sp³-hybridized carbons (Fsp3) is 0.571. The fourth-order valence-corrected chi connectivity index (χ4v) is 1.54. The molecule has 0 aromatic heterocycles. The van der Waals surface area contributed by atoms with E-state index in [1.807, 2.05) is 0 Å². The molecular formula is C7H5F3O3. The van der Waals surface area contributed by atoms with Gasteiger partial charge < -0.3 is 9.84 Å². The Bertz CT molecular complexity index is 301. The van der Waals surface area contributed by atoms with E-state index in [1.165, 1.54) is 0 Å². The standard InChI is InChI=1S/C7H5F3O3/c8-6(5(11)12)3-1-2-4(13-3)7(6,9)10/h1-4H,(H,11,12)/t3-,4-,6+/m1/s1. The molecule has 1 saturated heterocycles. The lowest BCUT2D eigenvalue weighted by atomic mass is 9.87. The van der Waals surface area contributed by atoms with Crippen LogP contribution in [0.15, 0.2) is 12.2 Å². The van der Waals surface area contributed by atoms with Gasteiger partial charge in [0.2, 0.25) is 0 Å². The molecule has 0 aromatic rings. The monoisotopic (exact) mass is 194 g/mol. The van der Waals surface area contributed by atoms with Gasteiger partial charge in [-0.2, -0.15) is 8.78 Å². The van der Waals surface area contributed by atoms with Gasteiger partial charge in [-0.25, -0.2) is 9.18 Å². The Morgan fingerprint density at radius 3 is 2.15 bits per heavy atom. The minimum atomic E-state index is -3.99. The van der Waals surface area contributed by atoms with Gasteiger partial charge in [0.05, 0.1) is 0 Å². The Kier molecular flexibility index (Phi) is 1.36. The molecule has 0 amide bonds.